The maximum Gasteiger partial charge on any atom is 0.335 e. The monoisotopic (exact) mass is 554 g/mol. The first-order chi connectivity index (χ1) is 20.5. The van der Waals surface area contributed by atoms with Gasteiger partial charge in [-0.05, 0) is 66.7 Å². The lowest BCUT2D eigenvalue weighted by molar-refractivity contribution is 0.0686. The van der Waals surface area contributed by atoms with Crippen LogP contribution in [0.25, 0.3) is 34.1 Å². The molecule has 4 aromatic heterocycles. The van der Waals surface area contributed by atoms with E-state index in [-0.39, 0.29) is 28.2 Å². The van der Waals surface area contributed by atoms with E-state index < -0.39 is 11.9 Å². The van der Waals surface area contributed by atoms with Crippen LogP contribution in [0.4, 0.5) is 17.3 Å². The average molecular weight is 555 g/mol. The van der Waals surface area contributed by atoms with Crippen molar-refractivity contribution in [3.63, 3.8) is 0 Å². The van der Waals surface area contributed by atoms with Crippen LogP contribution in [0.1, 0.15) is 20.7 Å². The molecule has 6 aromatic rings. The summed E-state index contributed by atoms with van der Waals surface area (Å²) in [7, 11) is 0. The molecule has 0 aliphatic carbocycles. The van der Waals surface area contributed by atoms with E-state index in [9.17, 15) is 19.8 Å². The molecule has 9 heteroatoms. The van der Waals surface area contributed by atoms with Crippen molar-refractivity contribution in [2.24, 2.45) is 0 Å². The highest BCUT2D eigenvalue weighted by molar-refractivity contribution is 5.91. The molecule has 0 saturated carbocycles. The molecule has 0 unspecified atom stereocenters. The van der Waals surface area contributed by atoms with Gasteiger partial charge in [0.25, 0.3) is 0 Å². The molecule has 0 atom stereocenters. The quantitative estimate of drug-likeness (QED) is 0.198. The molecule has 0 spiro atoms. The van der Waals surface area contributed by atoms with Gasteiger partial charge in [0.15, 0.2) is 0 Å². The normalized spacial score (nSPS) is 10.8. The molecule has 42 heavy (non-hydrogen) atoms. The van der Waals surface area contributed by atoms with Crippen molar-refractivity contribution < 1.29 is 24.2 Å². The molecule has 2 N–H and O–H groups in total. The van der Waals surface area contributed by atoms with Crippen molar-refractivity contribution in [3.05, 3.63) is 133 Å². The molecule has 9 nitrogen and oxygen atoms in total. The number of nitrogens with zero attached hydrogens (tertiary/aromatic N) is 4. The third-order valence-corrected chi connectivity index (χ3v) is 6.49. The van der Waals surface area contributed by atoms with Crippen molar-refractivity contribution in [2.45, 2.75) is 0 Å². The lowest BCUT2D eigenvalue weighted by Gasteiger charge is -2.22. The van der Waals surface area contributed by atoms with E-state index >= 15 is 0 Å². The average Bonchev–Trinajstić information content (AvgIpc) is 3.52. The summed E-state index contributed by atoms with van der Waals surface area (Å²) in [5, 5.41) is 19.1. The second-order valence-corrected chi connectivity index (χ2v) is 9.24. The van der Waals surface area contributed by atoms with Gasteiger partial charge in [-0.2, -0.15) is 0 Å². The van der Waals surface area contributed by atoms with Crippen LogP contribution in [0.15, 0.2) is 126 Å². The van der Waals surface area contributed by atoms with Crippen LogP contribution in [-0.2, 0) is 0 Å². The van der Waals surface area contributed by atoms with Crippen molar-refractivity contribution in [2.75, 3.05) is 4.90 Å². The van der Waals surface area contributed by atoms with Gasteiger partial charge in [-0.25, -0.2) is 14.6 Å². The van der Waals surface area contributed by atoms with Gasteiger partial charge in [-0.1, -0.05) is 36.4 Å². The highest BCUT2D eigenvalue weighted by atomic mass is 16.4. The number of aromatic carboxylic acids is 2. The van der Waals surface area contributed by atoms with Crippen molar-refractivity contribution >= 4 is 29.2 Å². The van der Waals surface area contributed by atoms with Crippen LogP contribution in [0.2, 0.25) is 0 Å². The molecule has 0 saturated heterocycles. The Bertz CT molecular complexity index is 1870. The minimum atomic E-state index is -1.16. The molecule has 0 amide bonds. The second kappa shape index (κ2) is 11.2. The van der Waals surface area contributed by atoms with Crippen LogP contribution in [0.5, 0.6) is 0 Å². The lowest BCUT2D eigenvalue weighted by atomic mass is 10.1. The van der Waals surface area contributed by atoms with Gasteiger partial charge in [0.05, 0.1) is 33.9 Å². The second-order valence-electron chi connectivity index (χ2n) is 9.24. The molecular weight excluding hydrogens is 532 g/mol. The number of carbonyl (C=O) groups is 2. The SMILES string of the molecule is O=C(O)c1ccnc(-c2cc(C(=O)O)cc(-c3cc(-c4ccc(N(c5ccccc5)c5ccccc5)o4)ccn3)n2)c1. The molecule has 2 aromatic carbocycles. The Kier molecular flexibility index (Phi) is 6.96. The Morgan fingerprint density at radius 2 is 1.14 bits per heavy atom. The van der Waals surface area contributed by atoms with E-state index in [2.05, 4.69) is 15.0 Å². The van der Waals surface area contributed by atoms with Gasteiger partial charge in [0.2, 0.25) is 5.88 Å². The molecule has 204 valence electrons. The summed E-state index contributed by atoms with van der Waals surface area (Å²) in [5.74, 6) is -1.10. The van der Waals surface area contributed by atoms with E-state index in [4.69, 9.17) is 4.42 Å². The van der Waals surface area contributed by atoms with E-state index in [1.165, 1.54) is 30.5 Å². The Morgan fingerprint density at radius 1 is 0.595 bits per heavy atom. The zero-order valence-corrected chi connectivity index (χ0v) is 22.0. The minimum Gasteiger partial charge on any atom is -0.478 e. The van der Waals surface area contributed by atoms with Crippen LogP contribution in [0, 0.1) is 0 Å². The predicted octanol–water partition coefficient (Wildman–Crippen LogP) is 7.33. The number of carboxylic acids is 2. The molecular formula is C33H22N4O5. The summed E-state index contributed by atoms with van der Waals surface area (Å²) in [6.45, 7) is 0. The maximum absolute atomic E-state index is 11.9. The van der Waals surface area contributed by atoms with Crippen molar-refractivity contribution in [1.82, 2.24) is 15.0 Å². The summed E-state index contributed by atoms with van der Waals surface area (Å²) < 4.78 is 6.34. The zero-order chi connectivity index (χ0) is 29.1. The van der Waals surface area contributed by atoms with E-state index in [1.54, 1.807) is 18.3 Å². The van der Waals surface area contributed by atoms with Crippen LogP contribution >= 0.6 is 0 Å². The number of pyridine rings is 3. The number of furan rings is 1. The van der Waals surface area contributed by atoms with Crippen molar-refractivity contribution in [3.8, 4) is 34.1 Å². The van der Waals surface area contributed by atoms with E-state index in [0.29, 0.717) is 22.9 Å². The molecule has 0 aliphatic rings. The molecule has 0 fully saturated rings. The topological polar surface area (TPSA) is 130 Å². The third kappa shape index (κ3) is 5.34. The van der Waals surface area contributed by atoms with Gasteiger partial charge < -0.3 is 14.6 Å². The number of hydrogen-bond donors (Lipinski definition) is 2. The largest absolute Gasteiger partial charge is 0.478 e. The first kappa shape index (κ1) is 26.1. The lowest BCUT2D eigenvalue weighted by Crippen LogP contribution is -2.08. The molecule has 6 rings (SSSR count). The fourth-order valence-corrected chi connectivity index (χ4v) is 4.50. The highest BCUT2D eigenvalue weighted by Crippen LogP contribution is 2.38. The molecule has 4 heterocycles. The smallest absolute Gasteiger partial charge is 0.335 e. The summed E-state index contributed by atoms with van der Waals surface area (Å²) in [5.41, 5.74) is 3.69. The number of carboxylic acid groups (broad SMARTS) is 2. The first-order valence-electron chi connectivity index (χ1n) is 12.9. The predicted molar refractivity (Wildman–Crippen MR) is 157 cm³/mol. The Labute approximate surface area is 240 Å². The Balaban J connectivity index is 1.39. The highest BCUT2D eigenvalue weighted by Gasteiger charge is 2.18. The van der Waals surface area contributed by atoms with E-state index in [1.807, 2.05) is 77.7 Å². The van der Waals surface area contributed by atoms with Crippen LogP contribution in [-0.4, -0.2) is 37.1 Å². The van der Waals surface area contributed by atoms with Gasteiger partial charge in [-0.3, -0.25) is 14.9 Å². The van der Waals surface area contributed by atoms with Gasteiger partial charge in [0.1, 0.15) is 5.76 Å². The number of hydrogen-bond acceptors (Lipinski definition) is 7. The molecule has 0 aliphatic heterocycles. The summed E-state index contributed by atoms with van der Waals surface area (Å²) >= 11 is 0. The fraction of sp³-hybridized carbons (Fsp3) is 0. The number of anilines is 3. The Morgan fingerprint density at radius 3 is 1.74 bits per heavy atom. The summed E-state index contributed by atoms with van der Waals surface area (Å²) in [6.07, 6.45) is 2.94. The molecule has 0 bridgehead atoms. The number of para-hydroxylation sites is 2. The maximum atomic E-state index is 11.9. The van der Waals surface area contributed by atoms with Crippen LogP contribution < -0.4 is 4.90 Å². The fourth-order valence-electron chi connectivity index (χ4n) is 4.50. The number of rotatable bonds is 8. The standard InChI is InChI=1S/C33H22N4O5/c38-32(39)22-14-16-35-27(18-22)29-20-23(33(40)41)19-28(36-29)26-17-21(13-15-34-26)30-11-12-31(42-30)37(24-7-3-1-4-8-24)25-9-5-2-6-10-25/h1-20H,(H,38,39)(H,40,41). The van der Waals surface area contributed by atoms with Crippen molar-refractivity contribution in [1.29, 1.82) is 0 Å². The van der Waals surface area contributed by atoms with Crippen LogP contribution in [0.3, 0.4) is 0 Å². The summed E-state index contributed by atoms with van der Waals surface area (Å²) in [6, 6.07) is 32.5. The molecule has 0 radical (unpaired) electrons. The van der Waals surface area contributed by atoms with Gasteiger partial charge in [-0.15, -0.1) is 0 Å². The third-order valence-electron chi connectivity index (χ3n) is 6.49. The van der Waals surface area contributed by atoms with Gasteiger partial charge in [0, 0.05) is 35.4 Å². The Hall–Kier alpha value is -6.09. The first-order valence-corrected chi connectivity index (χ1v) is 12.9. The number of benzene rings is 2. The minimum absolute atomic E-state index is 0.0119. The van der Waals surface area contributed by atoms with Gasteiger partial charge >= 0.3 is 11.9 Å². The zero-order valence-electron chi connectivity index (χ0n) is 22.0. The summed E-state index contributed by atoms with van der Waals surface area (Å²) in [4.78, 5) is 38.6. The van der Waals surface area contributed by atoms with E-state index in [0.717, 1.165) is 11.4 Å². The number of aromatic nitrogens is 3.